The van der Waals surface area contributed by atoms with Crippen LogP contribution in [0.3, 0.4) is 0 Å². The van der Waals surface area contributed by atoms with Gasteiger partial charge < -0.3 is 19.5 Å². The van der Waals surface area contributed by atoms with Crippen molar-refractivity contribution >= 4 is 23.1 Å². The van der Waals surface area contributed by atoms with Crippen molar-refractivity contribution in [1.82, 2.24) is 0 Å². The molecule has 0 spiro atoms. The smallest absolute Gasteiger partial charge is 0.306 e. The highest BCUT2D eigenvalue weighted by molar-refractivity contribution is 6.04. The molecule has 2 aromatic rings. The van der Waals surface area contributed by atoms with Crippen molar-refractivity contribution in [3.8, 4) is 11.5 Å². The largest absolute Gasteiger partial charge is 0.486 e. The van der Waals surface area contributed by atoms with E-state index >= 15 is 0 Å². The third-order valence-electron chi connectivity index (χ3n) is 5.14. The molecule has 32 heavy (non-hydrogen) atoms. The lowest BCUT2D eigenvalue weighted by atomic mass is 9.86. The number of fused-ring (bicyclic) bond motifs is 1. The average Bonchev–Trinajstić information content (AvgIpc) is 2.76. The summed E-state index contributed by atoms with van der Waals surface area (Å²) >= 11 is 0. The molecule has 6 nitrogen and oxygen atoms in total. The summed E-state index contributed by atoms with van der Waals surface area (Å²) in [6.07, 6.45) is 2.16. The Kier molecular flexibility index (Phi) is 7.57. The predicted molar refractivity (Wildman–Crippen MR) is 125 cm³/mol. The van der Waals surface area contributed by atoms with Gasteiger partial charge in [-0.1, -0.05) is 45.0 Å². The topological polar surface area (TPSA) is 73.9 Å². The van der Waals surface area contributed by atoms with E-state index in [1.165, 1.54) is 5.56 Å². The fourth-order valence-corrected chi connectivity index (χ4v) is 3.41. The number of hydrogen-bond donors (Lipinski definition) is 1. The second-order valence-corrected chi connectivity index (χ2v) is 8.65. The Labute approximate surface area is 189 Å². The van der Waals surface area contributed by atoms with Gasteiger partial charge in [-0.25, -0.2) is 0 Å². The van der Waals surface area contributed by atoms with Crippen LogP contribution in [0.2, 0.25) is 0 Å². The van der Waals surface area contributed by atoms with E-state index in [0.29, 0.717) is 43.4 Å². The van der Waals surface area contributed by atoms with E-state index < -0.39 is 0 Å². The zero-order chi connectivity index (χ0) is 23.1. The molecule has 0 fully saturated rings. The summed E-state index contributed by atoms with van der Waals surface area (Å²) in [7, 11) is 0. The van der Waals surface area contributed by atoms with Crippen molar-refractivity contribution in [1.29, 1.82) is 0 Å². The van der Waals surface area contributed by atoms with Gasteiger partial charge in [-0.3, -0.25) is 9.59 Å². The van der Waals surface area contributed by atoms with Crippen LogP contribution < -0.4 is 14.8 Å². The number of benzene rings is 2. The Morgan fingerprint density at radius 1 is 1.00 bits per heavy atom. The van der Waals surface area contributed by atoms with E-state index in [0.717, 1.165) is 11.1 Å². The van der Waals surface area contributed by atoms with Gasteiger partial charge in [0.1, 0.15) is 13.2 Å². The minimum Gasteiger partial charge on any atom is -0.486 e. The number of nitrogens with one attached hydrogen (secondary N) is 1. The maximum absolute atomic E-state index is 12.8. The van der Waals surface area contributed by atoms with Gasteiger partial charge in [0.25, 0.3) is 0 Å². The summed E-state index contributed by atoms with van der Waals surface area (Å²) in [5.74, 6) is 0.717. The Morgan fingerprint density at radius 3 is 2.34 bits per heavy atom. The molecule has 0 atom stereocenters. The first-order valence-electron chi connectivity index (χ1n) is 10.9. The molecule has 0 unspecified atom stereocenters. The number of carbonyl (C=O) groups is 2. The van der Waals surface area contributed by atoms with Gasteiger partial charge in [0.15, 0.2) is 11.5 Å². The Bertz CT molecular complexity index is 986. The molecular weight excluding hydrogens is 406 g/mol. The maximum atomic E-state index is 12.8. The molecule has 0 saturated carbocycles. The molecule has 0 bridgehead atoms. The Balaban J connectivity index is 1.79. The van der Waals surface area contributed by atoms with Crippen molar-refractivity contribution in [2.75, 3.05) is 25.1 Å². The van der Waals surface area contributed by atoms with E-state index in [1.54, 1.807) is 31.2 Å². The van der Waals surface area contributed by atoms with Crippen molar-refractivity contribution in [2.24, 2.45) is 0 Å². The van der Waals surface area contributed by atoms with E-state index in [4.69, 9.17) is 14.2 Å². The molecule has 1 amide bonds. The fourth-order valence-electron chi connectivity index (χ4n) is 3.41. The molecule has 2 aromatic carbocycles. The third kappa shape index (κ3) is 6.36. The van der Waals surface area contributed by atoms with Crippen LogP contribution in [0, 0.1) is 0 Å². The minimum absolute atomic E-state index is 0.0307. The highest BCUT2D eigenvalue weighted by Crippen LogP contribution is 2.33. The standard InChI is InChI=1S/C26H31NO5/c1-5-30-25(29)13-8-19(18-6-9-20(10-7-18)26(2,3)4)16-24(28)27-21-11-12-22-23(17-21)32-15-14-31-22/h6-7,9-12,16-17H,5,8,13-15H2,1-4H3,(H,27,28). The summed E-state index contributed by atoms with van der Waals surface area (Å²) in [5.41, 5.74) is 3.52. The van der Waals surface area contributed by atoms with E-state index in [9.17, 15) is 9.59 Å². The number of amides is 1. The molecule has 3 rings (SSSR count). The first-order chi connectivity index (χ1) is 15.3. The molecule has 1 aliphatic heterocycles. The molecule has 1 N–H and O–H groups in total. The summed E-state index contributed by atoms with van der Waals surface area (Å²) in [6.45, 7) is 9.57. The number of anilines is 1. The van der Waals surface area contributed by atoms with Crippen molar-refractivity contribution in [2.45, 2.75) is 46.0 Å². The Morgan fingerprint density at radius 2 is 1.69 bits per heavy atom. The highest BCUT2D eigenvalue weighted by atomic mass is 16.6. The quantitative estimate of drug-likeness (QED) is 0.481. The molecule has 1 aliphatic rings. The first-order valence-corrected chi connectivity index (χ1v) is 10.9. The van der Waals surface area contributed by atoms with Crippen LogP contribution in [0.5, 0.6) is 11.5 Å². The van der Waals surface area contributed by atoms with Gasteiger partial charge in [-0.2, -0.15) is 0 Å². The summed E-state index contributed by atoms with van der Waals surface area (Å²) < 4.78 is 16.2. The maximum Gasteiger partial charge on any atom is 0.306 e. The second kappa shape index (κ2) is 10.4. The van der Waals surface area contributed by atoms with Crippen molar-refractivity contribution in [3.05, 3.63) is 59.7 Å². The van der Waals surface area contributed by atoms with Crippen LogP contribution in [-0.4, -0.2) is 31.7 Å². The zero-order valence-electron chi connectivity index (χ0n) is 19.2. The lowest BCUT2D eigenvalue weighted by molar-refractivity contribution is -0.143. The molecule has 0 saturated heterocycles. The lowest BCUT2D eigenvalue weighted by Crippen LogP contribution is -2.16. The van der Waals surface area contributed by atoms with Crippen LogP contribution in [0.25, 0.3) is 5.57 Å². The molecular formula is C26H31NO5. The first kappa shape index (κ1) is 23.4. The van der Waals surface area contributed by atoms with Crippen LogP contribution in [0.1, 0.15) is 51.7 Å². The van der Waals surface area contributed by atoms with Crippen LogP contribution in [-0.2, 0) is 19.7 Å². The molecule has 0 aliphatic carbocycles. The normalized spacial score (nSPS) is 13.4. The number of rotatable bonds is 7. The number of carbonyl (C=O) groups excluding carboxylic acids is 2. The van der Waals surface area contributed by atoms with Gasteiger partial charge in [0.2, 0.25) is 5.91 Å². The SMILES string of the molecule is CCOC(=O)CCC(=CC(=O)Nc1ccc2c(c1)OCCO2)c1ccc(C(C)(C)C)cc1. The van der Waals surface area contributed by atoms with Gasteiger partial charge in [-0.15, -0.1) is 0 Å². The number of esters is 1. The molecule has 0 radical (unpaired) electrons. The third-order valence-corrected chi connectivity index (χ3v) is 5.14. The van der Waals surface area contributed by atoms with E-state index in [-0.39, 0.29) is 23.7 Å². The van der Waals surface area contributed by atoms with Crippen molar-refractivity contribution < 1.29 is 23.8 Å². The molecule has 170 valence electrons. The number of ether oxygens (including phenoxy) is 3. The number of hydrogen-bond acceptors (Lipinski definition) is 5. The Hall–Kier alpha value is -3.28. The summed E-state index contributed by atoms with van der Waals surface area (Å²) in [6, 6.07) is 13.4. The molecule has 1 heterocycles. The van der Waals surface area contributed by atoms with E-state index in [1.807, 2.05) is 12.1 Å². The van der Waals surface area contributed by atoms with Gasteiger partial charge >= 0.3 is 5.97 Å². The van der Waals surface area contributed by atoms with Crippen LogP contribution >= 0.6 is 0 Å². The van der Waals surface area contributed by atoms with Crippen LogP contribution in [0.4, 0.5) is 5.69 Å². The van der Waals surface area contributed by atoms with Crippen molar-refractivity contribution in [3.63, 3.8) is 0 Å². The van der Waals surface area contributed by atoms with E-state index in [2.05, 4.69) is 38.2 Å². The van der Waals surface area contributed by atoms with Crippen LogP contribution in [0.15, 0.2) is 48.5 Å². The predicted octanol–water partition coefficient (Wildman–Crippen LogP) is 5.12. The second-order valence-electron chi connectivity index (χ2n) is 8.65. The average molecular weight is 438 g/mol. The minimum atomic E-state index is -0.281. The van der Waals surface area contributed by atoms with Gasteiger partial charge in [0.05, 0.1) is 6.61 Å². The summed E-state index contributed by atoms with van der Waals surface area (Å²) in [5, 5.41) is 2.87. The van der Waals surface area contributed by atoms with Gasteiger partial charge in [0, 0.05) is 24.3 Å². The van der Waals surface area contributed by atoms with Gasteiger partial charge in [-0.05, 0) is 47.6 Å². The monoisotopic (exact) mass is 437 g/mol. The molecule has 6 heteroatoms. The zero-order valence-corrected chi connectivity index (χ0v) is 19.2. The number of allylic oxidation sites excluding steroid dienone is 1. The highest BCUT2D eigenvalue weighted by Gasteiger charge is 2.16. The lowest BCUT2D eigenvalue weighted by Gasteiger charge is -2.19. The summed E-state index contributed by atoms with van der Waals surface area (Å²) in [4.78, 5) is 24.7. The fraction of sp³-hybridized carbons (Fsp3) is 0.385. The molecule has 0 aromatic heterocycles.